The molecule has 5 nitrogen and oxygen atoms in total. The Kier molecular flexibility index (Phi) is 3.62. The van der Waals surface area contributed by atoms with Crippen molar-refractivity contribution in [3.63, 3.8) is 0 Å². The smallest absolute Gasteiger partial charge is 0.374 e. The molecule has 1 aromatic rings. The molecule has 0 atom stereocenters. The van der Waals surface area contributed by atoms with Gasteiger partial charge in [-0.2, -0.15) is 0 Å². The molecule has 5 heteroatoms. The molecule has 0 aliphatic heterocycles. The number of carboxylic acid groups (broad SMARTS) is 1. The number of aromatic carboxylic acids is 1. The van der Waals surface area contributed by atoms with Gasteiger partial charge in [-0.1, -0.05) is 13.8 Å². The van der Waals surface area contributed by atoms with Crippen LogP contribution < -0.4 is 0 Å². The lowest BCUT2D eigenvalue weighted by molar-refractivity contribution is 0.0677. The number of hydrogen-bond acceptors (Lipinski definition) is 3. The first-order chi connectivity index (χ1) is 6.70. The maximum atomic E-state index is 10.8. The van der Waals surface area contributed by atoms with Crippen LogP contribution >= 0.6 is 0 Å². The van der Waals surface area contributed by atoms with Gasteiger partial charge in [-0.15, -0.1) is 10.2 Å². The highest BCUT2D eigenvalue weighted by Gasteiger charge is 2.16. The summed E-state index contributed by atoms with van der Waals surface area (Å²) in [6.07, 6.45) is 2.61. The van der Waals surface area contributed by atoms with Crippen LogP contribution in [0.15, 0.2) is 0 Å². The van der Waals surface area contributed by atoms with Gasteiger partial charge in [-0.05, 0) is 12.8 Å². The third kappa shape index (κ3) is 2.10. The fourth-order valence-electron chi connectivity index (χ4n) is 1.36. The SMILES string of the molecule is CCCc1nnc(C(=O)O)n1CCC. The molecular weight excluding hydrogens is 182 g/mol. The van der Waals surface area contributed by atoms with Gasteiger partial charge in [0.25, 0.3) is 0 Å². The molecule has 1 N–H and O–H groups in total. The zero-order valence-electron chi connectivity index (χ0n) is 8.53. The first-order valence-electron chi connectivity index (χ1n) is 4.86. The molecule has 14 heavy (non-hydrogen) atoms. The Bertz CT molecular complexity index is 320. The third-order valence-corrected chi connectivity index (χ3v) is 1.94. The Morgan fingerprint density at radius 1 is 1.36 bits per heavy atom. The average molecular weight is 197 g/mol. The molecule has 0 aromatic carbocycles. The summed E-state index contributed by atoms with van der Waals surface area (Å²) in [5.74, 6) is -0.185. The molecule has 0 amide bonds. The van der Waals surface area contributed by atoms with Gasteiger partial charge in [-0.25, -0.2) is 4.79 Å². The van der Waals surface area contributed by atoms with E-state index in [1.165, 1.54) is 0 Å². The van der Waals surface area contributed by atoms with Crippen molar-refractivity contribution in [3.05, 3.63) is 11.6 Å². The minimum atomic E-state index is -1.01. The predicted molar refractivity (Wildman–Crippen MR) is 51.3 cm³/mol. The molecule has 1 heterocycles. The molecule has 0 bridgehead atoms. The molecule has 0 spiro atoms. The van der Waals surface area contributed by atoms with Crippen LogP contribution in [-0.2, 0) is 13.0 Å². The quantitative estimate of drug-likeness (QED) is 0.773. The van der Waals surface area contributed by atoms with Crippen molar-refractivity contribution >= 4 is 5.97 Å². The van der Waals surface area contributed by atoms with E-state index in [-0.39, 0.29) is 5.82 Å². The Hall–Kier alpha value is -1.39. The van der Waals surface area contributed by atoms with Crippen LogP contribution in [0.5, 0.6) is 0 Å². The highest BCUT2D eigenvalue weighted by atomic mass is 16.4. The maximum Gasteiger partial charge on any atom is 0.374 e. The van der Waals surface area contributed by atoms with Crippen LogP contribution in [0.25, 0.3) is 0 Å². The summed E-state index contributed by atoms with van der Waals surface area (Å²) >= 11 is 0. The Morgan fingerprint density at radius 2 is 2.07 bits per heavy atom. The summed E-state index contributed by atoms with van der Waals surface area (Å²) in [6, 6.07) is 0. The van der Waals surface area contributed by atoms with Crippen LogP contribution in [0.3, 0.4) is 0 Å². The van der Waals surface area contributed by atoms with Crippen molar-refractivity contribution in [3.8, 4) is 0 Å². The van der Waals surface area contributed by atoms with Crippen LogP contribution in [0.1, 0.15) is 43.1 Å². The first-order valence-corrected chi connectivity index (χ1v) is 4.86. The van der Waals surface area contributed by atoms with Gasteiger partial charge in [0.2, 0.25) is 5.82 Å². The van der Waals surface area contributed by atoms with Gasteiger partial charge in [0.1, 0.15) is 5.82 Å². The van der Waals surface area contributed by atoms with E-state index in [0.717, 1.165) is 25.1 Å². The van der Waals surface area contributed by atoms with Crippen molar-refractivity contribution in [1.29, 1.82) is 0 Å². The van der Waals surface area contributed by atoms with Crippen molar-refractivity contribution < 1.29 is 9.90 Å². The van der Waals surface area contributed by atoms with Crippen molar-refractivity contribution in [2.75, 3.05) is 0 Å². The number of carbonyl (C=O) groups is 1. The standard InChI is InChI=1S/C9H15N3O2/c1-3-5-7-10-11-8(9(13)14)12(7)6-4-2/h3-6H2,1-2H3,(H,13,14). The minimum absolute atomic E-state index is 0.0512. The van der Waals surface area contributed by atoms with E-state index in [1.807, 2.05) is 13.8 Å². The lowest BCUT2D eigenvalue weighted by Gasteiger charge is -2.05. The lowest BCUT2D eigenvalue weighted by Crippen LogP contribution is -2.12. The van der Waals surface area contributed by atoms with E-state index < -0.39 is 5.97 Å². The maximum absolute atomic E-state index is 10.8. The van der Waals surface area contributed by atoms with Gasteiger partial charge in [-0.3, -0.25) is 0 Å². The number of hydrogen-bond donors (Lipinski definition) is 1. The zero-order valence-corrected chi connectivity index (χ0v) is 8.53. The Morgan fingerprint density at radius 3 is 2.57 bits per heavy atom. The van der Waals surface area contributed by atoms with Crippen molar-refractivity contribution in [2.24, 2.45) is 0 Å². The summed E-state index contributed by atoms with van der Waals surface area (Å²) in [5.41, 5.74) is 0. The van der Waals surface area contributed by atoms with Crippen molar-refractivity contribution in [1.82, 2.24) is 14.8 Å². The van der Waals surface area contributed by atoms with Gasteiger partial charge in [0.15, 0.2) is 0 Å². The fourth-order valence-corrected chi connectivity index (χ4v) is 1.36. The largest absolute Gasteiger partial charge is 0.475 e. The summed E-state index contributed by atoms with van der Waals surface area (Å²) in [7, 11) is 0. The zero-order chi connectivity index (χ0) is 10.6. The van der Waals surface area contributed by atoms with Gasteiger partial charge >= 0.3 is 5.97 Å². The molecule has 0 fully saturated rings. The van der Waals surface area contributed by atoms with E-state index in [9.17, 15) is 4.79 Å². The first kappa shape index (κ1) is 10.7. The molecule has 0 aliphatic carbocycles. The lowest BCUT2D eigenvalue weighted by atomic mass is 10.3. The summed E-state index contributed by atoms with van der Waals surface area (Å²) in [4.78, 5) is 10.8. The van der Waals surface area contributed by atoms with Crippen molar-refractivity contribution in [2.45, 2.75) is 39.7 Å². The highest BCUT2D eigenvalue weighted by molar-refractivity contribution is 5.83. The number of nitrogens with zero attached hydrogens (tertiary/aromatic N) is 3. The van der Waals surface area contributed by atoms with Gasteiger partial charge in [0.05, 0.1) is 0 Å². The predicted octanol–water partition coefficient (Wildman–Crippen LogP) is 1.34. The highest BCUT2D eigenvalue weighted by Crippen LogP contribution is 2.06. The Labute approximate surface area is 82.8 Å². The molecule has 78 valence electrons. The van der Waals surface area contributed by atoms with Crippen LogP contribution in [0.4, 0.5) is 0 Å². The van der Waals surface area contributed by atoms with E-state index >= 15 is 0 Å². The molecule has 0 saturated carbocycles. The number of rotatable bonds is 5. The molecule has 0 aliphatic rings. The molecular formula is C9H15N3O2. The van der Waals surface area contributed by atoms with E-state index in [4.69, 9.17) is 5.11 Å². The van der Waals surface area contributed by atoms with Gasteiger partial charge < -0.3 is 9.67 Å². The summed E-state index contributed by atoms with van der Waals surface area (Å²) < 4.78 is 1.69. The molecule has 0 unspecified atom stereocenters. The van der Waals surface area contributed by atoms with E-state index in [0.29, 0.717) is 6.54 Å². The Balaban J connectivity index is 3.00. The van der Waals surface area contributed by atoms with Crippen LogP contribution in [0.2, 0.25) is 0 Å². The second kappa shape index (κ2) is 4.74. The second-order valence-electron chi connectivity index (χ2n) is 3.15. The summed E-state index contributed by atoms with van der Waals surface area (Å²) in [6.45, 7) is 4.71. The number of aryl methyl sites for hydroxylation is 1. The van der Waals surface area contributed by atoms with E-state index in [1.54, 1.807) is 4.57 Å². The average Bonchev–Trinajstić information content (AvgIpc) is 2.50. The molecule has 0 radical (unpaired) electrons. The summed E-state index contributed by atoms with van der Waals surface area (Å²) in [5, 5.41) is 16.4. The second-order valence-corrected chi connectivity index (χ2v) is 3.15. The van der Waals surface area contributed by atoms with Crippen LogP contribution in [-0.4, -0.2) is 25.8 Å². The number of aromatic nitrogens is 3. The van der Waals surface area contributed by atoms with Gasteiger partial charge in [0, 0.05) is 13.0 Å². The fraction of sp³-hybridized carbons (Fsp3) is 0.667. The third-order valence-electron chi connectivity index (χ3n) is 1.94. The molecule has 0 saturated heterocycles. The monoisotopic (exact) mass is 197 g/mol. The molecule has 1 aromatic heterocycles. The van der Waals surface area contributed by atoms with Crippen LogP contribution in [0, 0.1) is 0 Å². The number of carboxylic acids is 1. The minimum Gasteiger partial charge on any atom is -0.475 e. The molecule has 1 rings (SSSR count). The topological polar surface area (TPSA) is 68.0 Å². The normalized spacial score (nSPS) is 10.4. The van der Waals surface area contributed by atoms with E-state index in [2.05, 4.69) is 10.2 Å².